The number of aryl methyl sites for hydroxylation is 2. The summed E-state index contributed by atoms with van der Waals surface area (Å²) in [5.74, 6) is 0.414. The molecule has 0 bridgehead atoms. The molecule has 1 unspecified atom stereocenters. The second kappa shape index (κ2) is 7.91. The molecule has 0 saturated carbocycles. The number of benzene rings is 1. The van der Waals surface area contributed by atoms with Crippen molar-refractivity contribution < 1.29 is 9.59 Å². The van der Waals surface area contributed by atoms with Crippen molar-refractivity contribution in [2.24, 2.45) is 5.92 Å². The Hall–Kier alpha value is -2.34. The molecule has 6 heteroatoms. The molecule has 3 rings (SSSR count). The Morgan fingerprint density at radius 3 is 2.69 bits per heavy atom. The third kappa shape index (κ3) is 4.43. The highest BCUT2D eigenvalue weighted by Crippen LogP contribution is 2.32. The molecule has 0 fully saturated rings. The minimum absolute atomic E-state index is 0.255. The molecule has 1 aromatic carbocycles. The normalized spacial score (nSPS) is 15.9. The smallest absolute Gasteiger partial charge is 0.322 e. The lowest BCUT2D eigenvalue weighted by molar-refractivity contribution is 0.0935. The van der Waals surface area contributed by atoms with E-state index >= 15 is 0 Å². The van der Waals surface area contributed by atoms with E-state index in [2.05, 4.69) is 17.8 Å². The van der Waals surface area contributed by atoms with Crippen LogP contribution in [0.15, 0.2) is 30.3 Å². The number of fused-ring (bicyclic) bond motifs is 1. The van der Waals surface area contributed by atoms with Crippen LogP contribution in [-0.4, -0.2) is 23.9 Å². The van der Waals surface area contributed by atoms with Crippen LogP contribution in [0.5, 0.6) is 0 Å². The first kappa shape index (κ1) is 18.5. The Labute approximate surface area is 158 Å². The van der Waals surface area contributed by atoms with E-state index in [9.17, 15) is 9.59 Å². The third-order valence-electron chi connectivity index (χ3n) is 4.72. The summed E-state index contributed by atoms with van der Waals surface area (Å²) in [7, 11) is 1.70. The maximum absolute atomic E-state index is 12.3. The molecule has 1 aliphatic rings. The van der Waals surface area contributed by atoms with Crippen LogP contribution in [-0.2, 0) is 19.4 Å². The number of nitrogens with one attached hydrogen (secondary N) is 2. The Morgan fingerprint density at radius 1 is 1.23 bits per heavy atom. The van der Waals surface area contributed by atoms with Gasteiger partial charge < -0.3 is 4.90 Å². The van der Waals surface area contributed by atoms with Crippen LogP contribution >= 0.6 is 11.3 Å². The summed E-state index contributed by atoms with van der Waals surface area (Å²) >= 11 is 1.53. The summed E-state index contributed by atoms with van der Waals surface area (Å²) in [6, 6.07) is 9.65. The Bertz CT molecular complexity index is 798. The van der Waals surface area contributed by atoms with Crippen molar-refractivity contribution in [3.05, 3.63) is 56.8 Å². The van der Waals surface area contributed by atoms with Crippen LogP contribution in [0.25, 0.3) is 0 Å². The molecule has 2 aromatic rings. The number of carbonyl (C=O) groups excluding carboxylic acids is 2. The molecule has 2 N–H and O–H groups in total. The van der Waals surface area contributed by atoms with Gasteiger partial charge in [-0.1, -0.05) is 36.8 Å². The number of thiophene rings is 1. The first-order valence-electron chi connectivity index (χ1n) is 8.91. The molecule has 0 spiro atoms. The van der Waals surface area contributed by atoms with Gasteiger partial charge in [0.15, 0.2) is 0 Å². The van der Waals surface area contributed by atoms with Gasteiger partial charge in [0, 0.05) is 18.5 Å². The number of urea groups is 1. The molecule has 1 aliphatic carbocycles. The van der Waals surface area contributed by atoms with E-state index in [1.54, 1.807) is 7.05 Å². The van der Waals surface area contributed by atoms with Crippen LogP contribution in [0.4, 0.5) is 4.79 Å². The van der Waals surface area contributed by atoms with Gasteiger partial charge in [0.1, 0.15) is 0 Å². The highest BCUT2D eigenvalue weighted by molar-refractivity contribution is 7.14. The summed E-state index contributed by atoms with van der Waals surface area (Å²) in [6.07, 6.45) is 3.25. The zero-order chi connectivity index (χ0) is 18.7. The first-order chi connectivity index (χ1) is 12.4. The number of amides is 3. The predicted molar refractivity (Wildman–Crippen MR) is 104 cm³/mol. The van der Waals surface area contributed by atoms with Gasteiger partial charge >= 0.3 is 6.03 Å². The highest BCUT2D eigenvalue weighted by Gasteiger charge is 2.21. The fourth-order valence-electron chi connectivity index (χ4n) is 3.12. The molecule has 1 heterocycles. The second-order valence-electron chi connectivity index (χ2n) is 7.13. The predicted octanol–water partition coefficient (Wildman–Crippen LogP) is 3.67. The molecular weight excluding hydrogens is 346 g/mol. The standard InChI is InChI=1S/C20H25N3O2S/c1-13-4-7-15(8-5-13)12-23(3)20(25)22-21-19(24)18-11-16-10-14(2)6-9-17(16)26-18/h4-5,7-8,11,14H,6,9-10,12H2,1-3H3,(H,21,24)(H,22,25). The van der Waals surface area contributed by atoms with Gasteiger partial charge in [-0.3, -0.25) is 10.2 Å². The quantitative estimate of drug-likeness (QED) is 0.809. The molecule has 138 valence electrons. The average molecular weight is 372 g/mol. The third-order valence-corrected chi connectivity index (χ3v) is 5.96. The largest absolute Gasteiger partial charge is 0.336 e. The van der Waals surface area contributed by atoms with E-state index in [4.69, 9.17) is 0 Å². The lowest BCUT2D eigenvalue weighted by atomic mass is 9.90. The maximum Gasteiger partial charge on any atom is 0.336 e. The van der Waals surface area contributed by atoms with Crippen LogP contribution < -0.4 is 10.9 Å². The van der Waals surface area contributed by atoms with E-state index < -0.39 is 0 Å². The van der Waals surface area contributed by atoms with Crippen molar-refractivity contribution in [2.75, 3.05) is 7.05 Å². The van der Waals surface area contributed by atoms with E-state index in [1.807, 2.05) is 37.3 Å². The summed E-state index contributed by atoms with van der Waals surface area (Å²) < 4.78 is 0. The van der Waals surface area contributed by atoms with Gasteiger partial charge in [0.25, 0.3) is 5.91 Å². The van der Waals surface area contributed by atoms with E-state index in [0.717, 1.165) is 18.4 Å². The van der Waals surface area contributed by atoms with Gasteiger partial charge in [0.2, 0.25) is 0 Å². The lowest BCUT2D eigenvalue weighted by Crippen LogP contribution is -2.47. The van der Waals surface area contributed by atoms with Gasteiger partial charge in [-0.05, 0) is 49.3 Å². The van der Waals surface area contributed by atoms with Crippen LogP contribution in [0, 0.1) is 12.8 Å². The van der Waals surface area contributed by atoms with Crippen molar-refractivity contribution >= 4 is 23.3 Å². The number of carbonyl (C=O) groups is 2. The van der Waals surface area contributed by atoms with Crippen molar-refractivity contribution in [3.8, 4) is 0 Å². The van der Waals surface area contributed by atoms with Crippen LogP contribution in [0.1, 0.15) is 44.6 Å². The molecule has 1 atom stereocenters. The topological polar surface area (TPSA) is 61.4 Å². The summed E-state index contributed by atoms with van der Waals surface area (Å²) in [4.78, 5) is 28.0. The molecule has 0 radical (unpaired) electrons. The lowest BCUT2D eigenvalue weighted by Gasteiger charge is -2.18. The fraction of sp³-hybridized carbons (Fsp3) is 0.400. The van der Waals surface area contributed by atoms with Crippen molar-refractivity contribution in [3.63, 3.8) is 0 Å². The van der Waals surface area contributed by atoms with E-state index in [-0.39, 0.29) is 11.9 Å². The first-order valence-corrected chi connectivity index (χ1v) is 9.72. The van der Waals surface area contributed by atoms with E-state index in [1.165, 1.54) is 38.7 Å². The molecule has 3 amide bonds. The van der Waals surface area contributed by atoms with Crippen molar-refractivity contribution in [1.29, 1.82) is 0 Å². The number of hydrazine groups is 1. The zero-order valence-corrected chi connectivity index (χ0v) is 16.3. The van der Waals surface area contributed by atoms with Gasteiger partial charge in [-0.25, -0.2) is 10.2 Å². The maximum atomic E-state index is 12.3. The van der Waals surface area contributed by atoms with Crippen LogP contribution in [0.2, 0.25) is 0 Å². The Balaban J connectivity index is 1.52. The number of nitrogens with zero attached hydrogens (tertiary/aromatic N) is 1. The summed E-state index contributed by atoms with van der Waals surface area (Å²) in [5, 5.41) is 0. The zero-order valence-electron chi connectivity index (χ0n) is 15.5. The SMILES string of the molecule is Cc1ccc(CN(C)C(=O)NNC(=O)c2cc3c(s2)CCC(C)C3)cc1. The minimum Gasteiger partial charge on any atom is -0.322 e. The number of hydrogen-bond acceptors (Lipinski definition) is 3. The van der Waals surface area contributed by atoms with Crippen molar-refractivity contribution in [2.45, 2.75) is 39.7 Å². The molecule has 0 saturated heterocycles. The molecule has 5 nitrogen and oxygen atoms in total. The number of rotatable bonds is 3. The van der Waals surface area contributed by atoms with Gasteiger partial charge in [-0.15, -0.1) is 11.3 Å². The molecule has 26 heavy (non-hydrogen) atoms. The van der Waals surface area contributed by atoms with Gasteiger partial charge in [-0.2, -0.15) is 0 Å². The summed E-state index contributed by atoms with van der Waals surface area (Å²) in [5.41, 5.74) is 8.52. The minimum atomic E-state index is -0.339. The summed E-state index contributed by atoms with van der Waals surface area (Å²) in [6.45, 7) is 4.75. The van der Waals surface area contributed by atoms with E-state index in [0.29, 0.717) is 17.3 Å². The Morgan fingerprint density at radius 2 is 1.96 bits per heavy atom. The second-order valence-corrected chi connectivity index (χ2v) is 8.27. The molecule has 0 aliphatic heterocycles. The highest BCUT2D eigenvalue weighted by atomic mass is 32.1. The molecule has 1 aromatic heterocycles. The fourth-order valence-corrected chi connectivity index (χ4v) is 4.23. The molecular formula is C20H25N3O2S. The van der Waals surface area contributed by atoms with Gasteiger partial charge in [0.05, 0.1) is 4.88 Å². The van der Waals surface area contributed by atoms with Crippen LogP contribution in [0.3, 0.4) is 0 Å². The monoisotopic (exact) mass is 371 g/mol. The average Bonchev–Trinajstić information content (AvgIpc) is 3.04. The Kier molecular flexibility index (Phi) is 5.61. The number of hydrogen-bond donors (Lipinski definition) is 2. The van der Waals surface area contributed by atoms with Crippen molar-refractivity contribution in [1.82, 2.24) is 15.8 Å².